The molecular formula is C21H22F3NO. The van der Waals surface area contributed by atoms with Crippen LogP contribution in [0.4, 0.5) is 13.2 Å². The quantitative estimate of drug-likeness (QED) is 0.702. The zero-order valence-corrected chi connectivity index (χ0v) is 14.6. The van der Waals surface area contributed by atoms with Crippen molar-refractivity contribution >= 4 is 6.08 Å². The maximum absolute atomic E-state index is 12.6. The van der Waals surface area contributed by atoms with Crippen LogP contribution in [0.1, 0.15) is 18.1 Å². The van der Waals surface area contributed by atoms with Crippen LogP contribution in [0.5, 0.6) is 0 Å². The van der Waals surface area contributed by atoms with Crippen LogP contribution in [0.25, 0.3) is 6.08 Å². The van der Waals surface area contributed by atoms with E-state index in [9.17, 15) is 13.2 Å². The van der Waals surface area contributed by atoms with Crippen LogP contribution < -0.4 is 0 Å². The maximum atomic E-state index is 12.6. The highest BCUT2D eigenvalue weighted by atomic mass is 19.4. The molecule has 2 unspecified atom stereocenters. The Hall–Kier alpha value is -2.27. The van der Waals surface area contributed by atoms with Gasteiger partial charge in [-0.05, 0) is 35.9 Å². The molecular weight excluding hydrogens is 339 g/mol. The topological polar surface area (TPSA) is 12.5 Å². The SMILES string of the molecule is CCN(C/C=C/c1ccc(C(F)(F)F)cc1)CC1=COC2C=CC=CC12. The van der Waals surface area contributed by atoms with Crippen molar-refractivity contribution in [1.82, 2.24) is 4.90 Å². The Morgan fingerprint density at radius 1 is 1.12 bits per heavy atom. The normalized spacial score (nSPS) is 22.0. The number of nitrogens with zero attached hydrogens (tertiary/aromatic N) is 1. The van der Waals surface area contributed by atoms with Crippen molar-refractivity contribution in [2.75, 3.05) is 19.6 Å². The zero-order valence-electron chi connectivity index (χ0n) is 14.6. The average molecular weight is 361 g/mol. The second kappa shape index (κ2) is 7.96. The summed E-state index contributed by atoms with van der Waals surface area (Å²) in [5.74, 6) is 0.299. The number of likely N-dealkylation sites (N-methyl/N-ethyl adjacent to an activating group) is 1. The molecule has 2 atom stereocenters. The van der Waals surface area contributed by atoms with Gasteiger partial charge in [0.25, 0.3) is 0 Å². The molecule has 2 nitrogen and oxygen atoms in total. The van der Waals surface area contributed by atoms with Crippen molar-refractivity contribution in [3.05, 3.63) is 77.6 Å². The molecule has 0 fully saturated rings. The van der Waals surface area contributed by atoms with E-state index >= 15 is 0 Å². The molecule has 3 rings (SSSR count). The smallest absolute Gasteiger partial charge is 0.416 e. The largest absolute Gasteiger partial charge is 0.493 e. The number of alkyl halides is 3. The molecule has 0 amide bonds. The predicted octanol–water partition coefficient (Wildman–Crippen LogP) is 5.07. The van der Waals surface area contributed by atoms with Crippen molar-refractivity contribution in [2.45, 2.75) is 19.2 Å². The van der Waals surface area contributed by atoms with Gasteiger partial charge in [0.2, 0.25) is 0 Å². The van der Waals surface area contributed by atoms with Gasteiger partial charge in [0.15, 0.2) is 0 Å². The number of hydrogen-bond acceptors (Lipinski definition) is 2. The summed E-state index contributed by atoms with van der Waals surface area (Å²) in [5, 5.41) is 0. The van der Waals surface area contributed by atoms with E-state index in [4.69, 9.17) is 4.74 Å². The Kier molecular flexibility index (Phi) is 5.67. The van der Waals surface area contributed by atoms with Gasteiger partial charge in [-0.2, -0.15) is 13.2 Å². The lowest BCUT2D eigenvalue weighted by molar-refractivity contribution is -0.137. The molecule has 0 saturated heterocycles. The molecule has 26 heavy (non-hydrogen) atoms. The summed E-state index contributed by atoms with van der Waals surface area (Å²) in [7, 11) is 0. The van der Waals surface area contributed by atoms with Crippen molar-refractivity contribution in [1.29, 1.82) is 0 Å². The highest BCUT2D eigenvalue weighted by Crippen LogP contribution is 2.31. The van der Waals surface area contributed by atoms with Gasteiger partial charge in [0.05, 0.1) is 11.8 Å². The number of fused-ring (bicyclic) bond motifs is 1. The van der Waals surface area contributed by atoms with Crippen LogP contribution in [0, 0.1) is 5.92 Å². The van der Waals surface area contributed by atoms with Crippen LogP contribution >= 0.6 is 0 Å². The van der Waals surface area contributed by atoms with Crippen molar-refractivity contribution in [3.8, 4) is 0 Å². The maximum Gasteiger partial charge on any atom is 0.416 e. The number of ether oxygens (including phenoxy) is 1. The van der Waals surface area contributed by atoms with Gasteiger partial charge in [-0.25, -0.2) is 0 Å². The lowest BCUT2D eigenvalue weighted by atomic mass is 9.92. The molecule has 1 aromatic rings. The van der Waals surface area contributed by atoms with E-state index in [2.05, 4.69) is 24.0 Å². The third-order valence-corrected chi connectivity index (χ3v) is 4.65. The second-order valence-electron chi connectivity index (χ2n) is 6.44. The summed E-state index contributed by atoms with van der Waals surface area (Å²) in [4.78, 5) is 2.27. The van der Waals surface area contributed by atoms with Crippen molar-refractivity contribution < 1.29 is 17.9 Å². The fraction of sp³-hybridized carbons (Fsp3) is 0.333. The third kappa shape index (κ3) is 4.47. The average Bonchev–Trinajstić information content (AvgIpc) is 3.03. The molecule has 138 valence electrons. The lowest BCUT2D eigenvalue weighted by Crippen LogP contribution is -2.28. The summed E-state index contributed by atoms with van der Waals surface area (Å²) < 4.78 is 43.4. The Morgan fingerprint density at radius 3 is 2.54 bits per heavy atom. The van der Waals surface area contributed by atoms with E-state index in [1.807, 2.05) is 30.6 Å². The second-order valence-corrected chi connectivity index (χ2v) is 6.44. The summed E-state index contributed by atoms with van der Waals surface area (Å²) in [5.41, 5.74) is 1.39. The van der Waals surface area contributed by atoms with Crippen LogP contribution in [0.2, 0.25) is 0 Å². The molecule has 0 bridgehead atoms. The molecule has 0 radical (unpaired) electrons. The Labute approximate surface area is 152 Å². The summed E-state index contributed by atoms with van der Waals surface area (Å²) in [6.45, 7) is 4.51. The fourth-order valence-electron chi connectivity index (χ4n) is 3.12. The van der Waals surface area contributed by atoms with Gasteiger partial charge in [-0.1, -0.05) is 49.4 Å². The number of rotatable bonds is 6. The lowest BCUT2D eigenvalue weighted by Gasteiger charge is -2.23. The van der Waals surface area contributed by atoms with Crippen LogP contribution in [0.15, 0.2) is 66.5 Å². The molecule has 1 aliphatic heterocycles. The zero-order chi connectivity index (χ0) is 18.6. The summed E-state index contributed by atoms with van der Waals surface area (Å²) in [6.07, 6.45) is 9.79. The van der Waals surface area contributed by atoms with E-state index in [0.29, 0.717) is 5.92 Å². The first-order chi connectivity index (χ1) is 12.5. The minimum Gasteiger partial charge on any atom is -0.493 e. The van der Waals surface area contributed by atoms with Gasteiger partial charge < -0.3 is 4.74 Å². The predicted molar refractivity (Wildman–Crippen MR) is 97.3 cm³/mol. The van der Waals surface area contributed by atoms with Gasteiger partial charge in [0, 0.05) is 19.0 Å². The Balaban J connectivity index is 1.55. The molecule has 5 heteroatoms. The van der Waals surface area contributed by atoms with Gasteiger partial charge in [0.1, 0.15) is 6.10 Å². The molecule has 0 spiro atoms. The number of allylic oxidation sites excluding steroid dienone is 2. The van der Waals surface area contributed by atoms with Crippen molar-refractivity contribution in [3.63, 3.8) is 0 Å². The molecule has 2 aliphatic rings. The van der Waals surface area contributed by atoms with E-state index in [0.717, 1.165) is 37.3 Å². The van der Waals surface area contributed by atoms with Gasteiger partial charge in [-0.15, -0.1) is 0 Å². The first-order valence-electron chi connectivity index (χ1n) is 8.73. The third-order valence-electron chi connectivity index (χ3n) is 4.65. The molecule has 1 heterocycles. The number of hydrogen-bond donors (Lipinski definition) is 0. The highest BCUT2D eigenvalue weighted by Gasteiger charge is 2.30. The first kappa shape index (κ1) is 18.5. The standard InChI is InChI=1S/C21H22F3NO/c1-2-25(14-17-15-26-20-8-4-3-7-19(17)20)13-5-6-16-9-11-18(12-10-16)21(22,23)24/h3-12,15,19-20H,2,13-14H2,1H3/b6-5+. The minimum absolute atomic E-state index is 0.108. The monoisotopic (exact) mass is 361 g/mol. The molecule has 0 N–H and O–H groups in total. The van der Waals surface area contributed by atoms with Crippen molar-refractivity contribution in [2.24, 2.45) is 5.92 Å². The number of halogens is 3. The van der Waals surface area contributed by atoms with E-state index in [1.165, 1.54) is 17.7 Å². The van der Waals surface area contributed by atoms with Gasteiger partial charge >= 0.3 is 6.18 Å². The highest BCUT2D eigenvalue weighted by molar-refractivity contribution is 5.50. The summed E-state index contributed by atoms with van der Waals surface area (Å²) in [6, 6.07) is 5.21. The van der Waals surface area contributed by atoms with E-state index < -0.39 is 11.7 Å². The first-order valence-corrected chi connectivity index (χ1v) is 8.73. The Morgan fingerprint density at radius 2 is 1.85 bits per heavy atom. The van der Waals surface area contributed by atoms with Crippen LogP contribution in [-0.2, 0) is 10.9 Å². The van der Waals surface area contributed by atoms with Crippen LogP contribution in [-0.4, -0.2) is 30.6 Å². The summed E-state index contributed by atoms with van der Waals surface area (Å²) >= 11 is 0. The molecule has 0 aromatic heterocycles. The molecule has 1 aromatic carbocycles. The van der Waals surface area contributed by atoms with Crippen LogP contribution in [0.3, 0.4) is 0 Å². The van der Waals surface area contributed by atoms with E-state index in [-0.39, 0.29) is 6.10 Å². The fourth-order valence-corrected chi connectivity index (χ4v) is 3.12. The van der Waals surface area contributed by atoms with E-state index in [1.54, 1.807) is 0 Å². The van der Waals surface area contributed by atoms with Gasteiger partial charge in [-0.3, -0.25) is 4.90 Å². The Bertz CT molecular complexity index is 729. The number of benzene rings is 1. The molecule has 1 aliphatic carbocycles. The minimum atomic E-state index is -4.29. The molecule has 0 saturated carbocycles.